The van der Waals surface area contributed by atoms with Crippen LogP contribution in [0, 0.1) is 0 Å². The Morgan fingerprint density at radius 3 is 2.36 bits per heavy atom. The van der Waals surface area contributed by atoms with Crippen molar-refractivity contribution in [3.05, 3.63) is 27.5 Å². The van der Waals surface area contributed by atoms with Gasteiger partial charge in [-0.25, -0.2) is 0 Å². The van der Waals surface area contributed by atoms with E-state index in [1.54, 1.807) is 6.92 Å². The Kier molecular flexibility index (Phi) is 6.62. The SMILES string of the molecule is CCCCCCc1cc(O)n(CC)c(=O)c1C(C)S(=O)(=O)O. The molecule has 6 nitrogen and oxygen atoms in total. The normalized spacial score (nSPS) is 13.3. The predicted octanol–water partition coefficient (Wildman–Crippen LogP) is 2.65. The van der Waals surface area contributed by atoms with E-state index in [0.717, 1.165) is 30.3 Å². The topological polar surface area (TPSA) is 96.6 Å². The van der Waals surface area contributed by atoms with Crippen LogP contribution in [0.3, 0.4) is 0 Å². The van der Waals surface area contributed by atoms with E-state index in [1.807, 2.05) is 0 Å². The van der Waals surface area contributed by atoms with Crippen molar-refractivity contribution in [1.82, 2.24) is 4.57 Å². The number of hydrogen-bond acceptors (Lipinski definition) is 4. The Bertz CT molecular complexity index is 663. The van der Waals surface area contributed by atoms with Gasteiger partial charge in [0.1, 0.15) is 5.25 Å². The maximum absolute atomic E-state index is 12.4. The number of rotatable bonds is 8. The van der Waals surface area contributed by atoms with Gasteiger partial charge in [0.05, 0.1) is 0 Å². The highest BCUT2D eigenvalue weighted by atomic mass is 32.2. The second-order valence-corrected chi connectivity index (χ2v) is 7.20. The minimum Gasteiger partial charge on any atom is -0.494 e. The Morgan fingerprint density at radius 1 is 1.23 bits per heavy atom. The van der Waals surface area contributed by atoms with Crippen molar-refractivity contribution in [2.45, 2.75) is 64.7 Å². The molecule has 0 fully saturated rings. The second kappa shape index (κ2) is 7.78. The van der Waals surface area contributed by atoms with Gasteiger partial charge in [-0.2, -0.15) is 8.42 Å². The van der Waals surface area contributed by atoms with Crippen molar-refractivity contribution in [2.75, 3.05) is 0 Å². The third-order valence-electron chi connectivity index (χ3n) is 3.87. The molecule has 0 amide bonds. The zero-order valence-corrected chi connectivity index (χ0v) is 14.2. The third kappa shape index (κ3) is 4.33. The fraction of sp³-hybridized carbons (Fsp3) is 0.667. The second-order valence-electron chi connectivity index (χ2n) is 5.46. The van der Waals surface area contributed by atoms with Crippen LogP contribution in [-0.2, 0) is 23.1 Å². The van der Waals surface area contributed by atoms with Gasteiger partial charge in [-0.1, -0.05) is 26.2 Å². The summed E-state index contributed by atoms with van der Waals surface area (Å²) in [6.45, 7) is 5.29. The van der Waals surface area contributed by atoms with Crippen LogP contribution in [0.4, 0.5) is 0 Å². The lowest BCUT2D eigenvalue weighted by Gasteiger charge is -2.17. The zero-order valence-electron chi connectivity index (χ0n) is 13.4. The molecule has 1 heterocycles. The first kappa shape index (κ1) is 18.7. The van der Waals surface area contributed by atoms with Crippen molar-refractivity contribution < 1.29 is 18.1 Å². The standard InChI is InChI=1S/C15H25NO5S/c1-4-6-7-8-9-12-10-13(17)16(5-2)15(18)14(12)11(3)22(19,20)21/h10-11,17H,4-9H2,1-3H3,(H,19,20,21). The van der Waals surface area contributed by atoms with Gasteiger partial charge in [0.25, 0.3) is 15.7 Å². The summed E-state index contributed by atoms with van der Waals surface area (Å²) in [4.78, 5) is 12.4. The van der Waals surface area contributed by atoms with Crippen LogP contribution in [0.25, 0.3) is 0 Å². The van der Waals surface area contributed by atoms with E-state index in [2.05, 4.69) is 6.92 Å². The van der Waals surface area contributed by atoms with E-state index >= 15 is 0 Å². The summed E-state index contributed by atoms with van der Waals surface area (Å²) in [7, 11) is -4.37. The lowest BCUT2D eigenvalue weighted by atomic mass is 10.0. The van der Waals surface area contributed by atoms with Gasteiger partial charge in [0.15, 0.2) is 5.88 Å². The lowest BCUT2D eigenvalue weighted by molar-refractivity contribution is 0.407. The number of aromatic nitrogens is 1. The summed E-state index contributed by atoms with van der Waals surface area (Å²) >= 11 is 0. The van der Waals surface area contributed by atoms with E-state index < -0.39 is 20.9 Å². The number of aromatic hydroxyl groups is 1. The lowest BCUT2D eigenvalue weighted by Crippen LogP contribution is -2.28. The van der Waals surface area contributed by atoms with Crippen LogP contribution in [0.15, 0.2) is 10.9 Å². The van der Waals surface area contributed by atoms with Crippen LogP contribution in [0.2, 0.25) is 0 Å². The van der Waals surface area contributed by atoms with E-state index in [9.17, 15) is 22.9 Å². The molecule has 0 aliphatic heterocycles. The average Bonchev–Trinajstić information content (AvgIpc) is 2.42. The van der Waals surface area contributed by atoms with Crippen LogP contribution in [0.1, 0.15) is 62.8 Å². The monoisotopic (exact) mass is 331 g/mol. The molecule has 0 aliphatic rings. The Labute approximate surface area is 131 Å². The Hall–Kier alpha value is -1.34. The molecule has 1 aromatic heterocycles. The summed E-state index contributed by atoms with van der Waals surface area (Å²) < 4.78 is 33.3. The van der Waals surface area contributed by atoms with Crippen LogP contribution >= 0.6 is 0 Å². The van der Waals surface area contributed by atoms with E-state index in [4.69, 9.17) is 0 Å². The molecule has 22 heavy (non-hydrogen) atoms. The first-order chi connectivity index (χ1) is 10.2. The van der Waals surface area contributed by atoms with Crippen LogP contribution in [0.5, 0.6) is 5.88 Å². The maximum Gasteiger partial charge on any atom is 0.271 e. The Morgan fingerprint density at radius 2 is 1.86 bits per heavy atom. The molecule has 1 unspecified atom stereocenters. The summed E-state index contributed by atoms with van der Waals surface area (Å²) in [6.07, 6.45) is 4.39. The molecule has 0 saturated carbocycles. The molecular weight excluding hydrogens is 306 g/mol. The van der Waals surface area contributed by atoms with E-state index in [-0.39, 0.29) is 18.0 Å². The van der Waals surface area contributed by atoms with Crippen molar-refractivity contribution in [3.63, 3.8) is 0 Å². The number of hydrogen-bond donors (Lipinski definition) is 2. The molecule has 0 bridgehead atoms. The van der Waals surface area contributed by atoms with Gasteiger partial charge in [-0.15, -0.1) is 0 Å². The highest BCUT2D eigenvalue weighted by molar-refractivity contribution is 7.86. The highest BCUT2D eigenvalue weighted by Crippen LogP contribution is 2.25. The molecule has 0 radical (unpaired) electrons. The molecule has 0 spiro atoms. The third-order valence-corrected chi connectivity index (χ3v) is 5.00. The van der Waals surface area contributed by atoms with Crippen LogP contribution < -0.4 is 5.56 Å². The number of unbranched alkanes of at least 4 members (excludes halogenated alkanes) is 3. The number of pyridine rings is 1. The molecule has 2 N–H and O–H groups in total. The first-order valence-electron chi connectivity index (χ1n) is 7.65. The molecule has 0 aliphatic carbocycles. The van der Waals surface area contributed by atoms with Gasteiger partial charge in [-0.3, -0.25) is 13.9 Å². The largest absolute Gasteiger partial charge is 0.494 e. The quantitative estimate of drug-likeness (QED) is 0.564. The fourth-order valence-electron chi connectivity index (χ4n) is 2.54. The van der Waals surface area contributed by atoms with Gasteiger partial charge >= 0.3 is 0 Å². The van der Waals surface area contributed by atoms with Crippen LogP contribution in [-0.4, -0.2) is 22.6 Å². The summed E-state index contributed by atoms with van der Waals surface area (Å²) in [5.41, 5.74) is -0.00908. The molecule has 0 saturated heterocycles. The van der Waals surface area contributed by atoms with E-state index in [1.165, 1.54) is 13.0 Å². The van der Waals surface area contributed by atoms with Crippen molar-refractivity contribution in [1.29, 1.82) is 0 Å². The minimum absolute atomic E-state index is 0.0543. The smallest absolute Gasteiger partial charge is 0.271 e. The molecule has 0 aromatic carbocycles. The Balaban J connectivity index is 3.32. The maximum atomic E-state index is 12.4. The molecule has 7 heteroatoms. The molecular formula is C15H25NO5S. The predicted molar refractivity (Wildman–Crippen MR) is 85.9 cm³/mol. The van der Waals surface area contributed by atoms with Gasteiger partial charge in [0.2, 0.25) is 0 Å². The van der Waals surface area contributed by atoms with E-state index in [0.29, 0.717) is 12.0 Å². The molecule has 1 rings (SSSR count). The van der Waals surface area contributed by atoms with Crippen molar-refractivity contribution in [2.24, 2.45) is 0 Å². The molecule has 126 valence electrons. The average molecular weight is 331 g/mol. The highest BCUT2D eigenvalue weighted by Gasteiger charge is 2.27. The summed E-state index contributed by atoms with van der Waals surface area (Å²) in [5.74, 6) is -0.177. The first-order valence-corrected chi connectivity index (χ1v) is 9.16. The number of aryl methyl sites for hydroxylation is 1. The van der Waals surface area contributed by atoms with Crippen molar-refractivity contribution in [3.8, 4) is 5.88 Å². The number of nitrogens with zero attached hydrogens (tertiary/aromatic N) is 1. The van der Waals surface area contributed by atoms with Gasteiger partial charge < -0.3 is 5.11 Å². The minimum atomic E-state index is -4.37. The molecule has 1 aromatic rings. The zero-order chi connectivity index (χ0) is 16.9. The fourth-order valence-corrected chi connectivity index (χ4v) is 3.09. The van der Waals surface area contributed by atoms with Gasteiger partial charge in [0, 0.05) is 18.2 Å². The summed E-state index contributed by atoms with van der Waals surface area (Å²) in [6, 6.07) is 1.44. The van der Waals surface area contributed by atoms with Crippen molar-refractivity contribution >= 4 is 10.1 Å². The van der Waals surface area contributed by atoms with Gasteiger partial charge in [-0.05, 0) is 32.3 Å². The summed E-state index contributed by atoms with van der Waals surface area (Å²) in [5, 5.41) is 8.63. The molecule has 1 atom stereocenters.